The van der Waals surface area contributed by atoms with E-state index in [9.17, 15) is 0 Å². The highest BCUT2D eigenvalue weighted by atomic mass is 15.2. The Bertz CT molecular complexity index is 1460. The lowest BCUT2D eigenvalue weighted by Gasteiger charge is -2.01. The number of pyridine rings is 2. The minimum atomic E-state index is 0.603. The third kappa shape index (κ3) is 3.29. The van der Waals surface area contributed by atoms with E-state index in [1.54, 1.807) is 31.9 Å². The number of hydrogen-bond acceptors (Lipinski definition) is 6. The molecule has 8 heteroatoms. The van der Waals surface area contributed by atoms with Gasteiger partial charge in [-0.15, -0.1) is 0 Å². The molecule has 31 heavy (non-hydrogen) atoms. The molecule has 4 aromatic heterocycles. The summed E-state index contributed by atoms with van der Waals surface area (Å²) in [5, 5.41) is 8.26. The maximum Gasteiger partial charge on any atom is 0.181 e. The van der Waals surface area contributed by atoms with Gasteiger partial charge in [0.2, 0.25) is 0 Å². The highest BCUT2D eigenvalue weighted by molar-refractivity contribution is 6.10. The molecule has 5 rings (SSSR count). The van der Waals surface area contributed by atoms with Crippen molar-refractivity contribution in [2.45, 2.75) is 0 Å². The maximum absolute atomic E-state index is 4.88. The van der Waals surface area contributed by atoms with Crippen LogP contribution in [0.3, 0.4) is 0 Å². The standard InChI is InChI=1S/C23H18N8/c1-24-10-16(11-25-2)15-9-18-21(30-31-22(18)27-13-15)23-28-19-7-3-6-17(20(19)29-23)14-5-4-8-26-12-14/h3-13H,1H2,2H3,(H,28,29)(H,27,30,31)/b16-10+,25-11?. The van der Waals surface area contributed by atoms with E-state index >= 15 is 0 Å². The third-order valence-corrected chi connectivity index (χ3v) is 4.96. The molecule has 0 fully saturated rings. The van der Waals surface area contributed by atoms with Crippen LogP contribution in [0.25, 0.3) is 50.3 Å². The average Bonchev–Trinajstić information content (AvgIpc) is 3.42. The summed E-state index contributed by atoms with van der Waals surface area (Å²) < 4.78 is 0. The first-order valence-corrected chi connectivity index (χ1v) is 9.60. The number of hydrogen-bond donors (Lipinski definition) is 2. The molecule has 0 amide bonds. The van der Waals surface area contributed by atoms with Crippen LogP contribution in [-0.2, 0) is 0 Å². The summed E-state index contributed by atoms with van der Waals surface area (Å²) in [7, 11) is 1.71. The molecular formula is C23H18N8. The van der Waals surface area contributed by atoms with Crippen molar-refractivity contribution >= 4 is 40.6 Å². The molecule has 0 atom stereocenters. The van der Waals surface area contributed by atoms with Gasteiger partial charge in [0.1, 0.15) is 5.69 Å². The number of rotatable bonds is 5. The Morgan fingerprint density at radius 3 is 2.90 bits per heavy atom. The van der Waals surface area contributed by atoms with E-state index < -0.39 is 0 Å². The van der Waals surface area contributed by atoms with Crippen molar-refractivity contribution in [3.63, 3.8) is 0 Å². The average molecular weight is 406 g/mol. The summed E-state index contributed by atoms with van der Waals surface area (Å²) in [5.41, 5.74) is 6.85. The number of allylic oxidation sites excluding steroid dienone is 1. The molecule has 2 N–H and O–H groups in total. The minimum absolute atomic E-state index is 0.603. The molecule has 4 heterocycles. The molecule has 0 aliphatic carbocycles. The van der Waals surface area contributed by atoms with Crippen molar-refractivity contribution in [2.75, 3.05) is 7.05 Å². The molecule has 0 aliphatic rings. The van der Waals surface area contributed by atoms with Gasteiger partial charge in [-0.2, -0.15) is 5.10 Å². The zero-order chi connectivity index (χ0) is 21.2. The van der Waals surface area contributed by atoms with Gasteiger partial charge in [0.15, 0.2) is 11.5 Å². The van der Waals surface area contributed by atoms with Crippen molar-refractivity contribution in [1.29, 1.82) is 0 Å². The Hall–Kier alpha value is -4.46. The second-order valence-electron chi connectivity index (χ2n) is 6.88. The maximum atomic E-state index is 4.88. The second kappa shape index (κ2) is 7.75. The molecule has 5 aromatic rings. The largest absolute Gasteiger partial charge is 0.337 e. The number of H-pyrrole nitrogens is 2. The Labute approximate surface area is 177 Å². The Kier molecular flexibility index (Phi) is 4.64. The second-order valence-corrected chi connectivity index (χ2v) is 6.88. The topological polar surface area (TPSA) is 108 Å². The molecule has 0 bridgehead atoms. The van der Waals surface area contributed by atoms with Crippen molar-refractivity contribution < 1.29 is 0 Å². The first-order valence-electron chi connectivity index (χ1n) is 9.60. The Morgan fingerprint density at radius 1 is 1.16 bits per heavy atom. The molecule has 1 aromatic carbocycles. The highest BCUT2D eigenvalue weighted by Gasteiger charge is 2.16. The summed E-state index contributed by atoms with van der Waals surface area (Å²) in [4.78, 5) is 24.9. The van der Waals surface area contributed by atoms with Crippen LogP contribution >= 0.6 is 0 Å². The van der Waals surface area contributed by atoms with E-state index in [1.807, 2.05) is 42.6 Å². The fraction of sp³-hybridized carbons (Fsp3) is 0.0435. The first-order chi connectivity index (χ1) is 15.3. The lowest BCUT2D eigenvalue weighted by Crippen LogP contribution is -1.89. The summed E-state index contributed by atoms with van der Waals surface area (Å²) in [6, 6.07) is 12.0. The van der Waals surface area contributed by atoms with E-state index in [-0.39, 0.29) is 0 Å². The van der Waals surface area contributed by atoms with E-state index in [0.717, 1.165) is 44.4 Å². The molecule has 0 radical (unpaired) electrons. The zero-order valence-corrected chi connectivity index (χ0v) is 16.7. The van der Waals surface area contributed by atoms with Gasteiger partial charge < -0.3 is 4.98 Å². The number of nitrogens with one attached hydrogen (secondary N) is 2. The molecule has 150 valence electrons. The Balaban J connectivity index is 1.67. The van der Waals surface area contributed by atoms with Crippen molar-refractivity contribution in [1.82, 2.24) is 30.1 Å². The lowest BCUT2D eigenvalue weighted by atomic mass is 10.1. The van der Waals surface area contributed by atoms with Crippen LogP contribution < -0.4 is 0 Å². The number of benzene rings is 1. The van der Waals surface area contributed by atoms with Crippen molar-refractivity contribution in [3.8, 4) is 22.6 Å². The van der Waals surface area contributed by atoms with Crippen LogP contribution in [-0.4, -0.2) is 50.1 Å². The fourth-order valence-electron chi connectivity index (χ4n) is 3.56. The fourth-order valence-corrected chi connectivity index (χ4v) is 3.56. The zero-order valence-electron chi connectivity index (χ0n) is 16.7. The van der Waals surface area contributed by atoms with Crippen LogP contribution in [0.2, 0.25) is 0 Å². The number of para-hydroxylation sites is 1. The van der Waals surface area contributed by atoms with Crippen molar-refractivity contribution in [3.05, 3.63) is 66.8 Å². The van der Waals surface area contributed by atoms with Crippen LogP contribution in [0.5, 0.6) is 0 Å². The van der Waals surface area contributed by atoms with E-state index in [4.69, 9.17) is 4.98 Å². The number of aliphatic imine (C=N–C) groups is 2. The Morgan fingerprint density at radius 2 is 2.10 bits per heavy atom. The van der Waals surface area contributed by atoms with Gasteiger partial charge in [-0.3, -0.25) is 20.1 Å². The van der Waals surface area contributed by atoms with Crippen LogP contribution in [0, 0.1) is 0 Å². The quantitative estimate of drug-likeness (QED) is 0.424. The number of aromatic nitrogens is 6. The SMILES string of the molecule is C=N/C=C(\C=NC)c1cnc2n[nH]c(-c3nc4c(-c5cccnc5)cccc4[nH]3)c2c1. The van der Waals surface area contributed by atoms with Gasteiger partial charge in [0.25, 0.3) is 0 Å². The van der Waals surface area contributed by atoms with Gasteiger partial charge in [-0.25, -0.2) is 9.97 Å². The van der Waals surface area contributed by atoms with E-state index in [1.165, 1.54) is 0 Å². The van der Waals surface area contributed by atoms with Gasteiger partial charge in [0.05, 0.1) is 16.4 Å². The van der Waals surface area contributed by atoms with Crippen LogP contribution in [0.1, 0.15) is 5.56 Å². The monoisotopic (exact) mass is 406 g/mol. The molecular weight excluding hydrogens is 388 g/mol. The molecule has 0 aliphatic heterocycles. The predicted molar refractivity (Wildman–Crippen MR) is 124 cm³/mol. The molecule has 0 saturated carbocycles. The highest BCUT2D eigenvalue weighted by Crippen LogP contribution is 2.31. The third-order valence-electron chi connectivity index (χ3n) is 4.96. The van der Waals surface area contributed by atoms with Crippen molar-refractivity contribution in [2.24, 2.45) is 9.98 Å². The number of nitrogens with zero attached hydrogens (tertiary/aromatic N) is 6. The number of imidazole rings is 1. The summed E-state index contributed by atoms with van der Waals surface area (Å²) in [6.45, 7) is 3.54. The minimum Gasteiger partial charge on any atom is -0.337 e. The molecule has 0 spiro atoms. The van der Waals surface area contributed by atoms with E-state index in [0.29, 0.717) is 11.5 Å². The van der Waals surface area contributed by atoms with Gasteiger partial charge in [0, 0.05) is 60.3 Å². The molecule has 0 saturated heterocycles. The molecule has 0 unspecified atom stereocenters. The number of fused-ring (bicyclic) bond motifs is 2. The van der Waals surface area contributed by atoms with Gasteiger partial charge in [-0.05, 0) is 24.9 Å². The summed E-state index contributed by atoms with van der Waals surface area (Å²) in [5.74, 6) is 0.685. The van der Waals surface area contributed by atoms with Crippen LogP contribution in [0.15, 0.2) is 71.2 Å². The van der Waals surface area contributed by atoms with Gasteiger partial charge >= 0.3 is 0 Å². The molecule has 8 nitrogen and oxygen atoms in total. The smallest absolute Gasteiger partial charge is 0.181 e. The summed E-state index contributed by atoms with van der Waals surface area (Å²) in [6.07, 6.45) is 8.71. The normalized spacial score (nSPS) is 12.2. The first kappa shape index (κ1) is 18.6. The van der Waals surface area contributed by atoms with Crippen LogP contribution in [0.4, 0.5) is 0 Å². The summed E-state index contributed by atoms with van der Waals surface area (Å²) >= 11 is 0. The van der Waals surface area contributed by atoms with Gasteiger partial charge in [-0.1, -0.05) is 18.2 Å². The lowest BCUT2D eigenvalue weighted by molar-refractivity contribution is 1.09. The van der Waals surface area contributed by atoms with E-state index in [2.05, 4.69) is 41.9 Å². The number of aromatic amines is 2. The predicted octanol–water partition coefficient (Wildman–Crippen LogP) is 4.31.